The molecule has 3 aliphatic carbocycles. The molecular formula is C67H47N2P. The van der Waals surface area contributed by atoms with Gasteiger partial charge < -0.3 is 9.47 Å². The zero-order valence-electron chi connectivity index (χ0n) is 38.7. The molecule has 1 aliphatic heterocycles. The van der Waals surface area contributed by atoms with E-state index in [-0.39, 0.29) is 0 Å². The van der Waals surface area contributed by atoms with E-state index in [0.717, 1.165) is 42.7 Å². The van der Waals surface area contributed by atoms with E-state index in [1.54, 1.807) is 0 Å². The molecule has 2 heterocycles. The Kier molecular flexibility index (Phi) is 8.69. The highest BCUT2D eigenvalue weighted by Gasteiger charge is 2.51. The van der Waals surface area contributed by atoms with Gasteiger partial charge in [-0.2, -0.15) is 0 Å². The fraction of sp³-hybridized carbons (Fsp3) is 0.0746. The van der Waals surface area contributed by atoms with E-state index >= 15 is 0 Å². The van der Waals surface area contributed by atoms with E-state index in [1.165, 1.54) is 120 Å². The van der Waals surface area contributed by atoms with Gasteiger partial charge in [0, 0.05) is 33.0 Å². The Morgan fingerprint density at radius 3 is 1.90 bits per heavy atom. The average molecular weight is 911 g/mol. The second kappa shape index (κ2) is 15.2. The molecule has 2 unspecified atom stereocenters. The number of fused-ring (bicyclic) bond motifs is 17. The lowest BCUT2D eigenvalue weighted by Crippen LogP contribution is -2.37. The van der Waals surface area contributed by atoms with Crippen LogP contribution in [-0.2, 0) is 5.41 Å². The number of para-hydroxylation sites is 2. The molecule has 1 aromatic heterocycles. The molecule has 11 aromatic rings. The summed E-state index contributed by atoms with van der Waals surface area (Å²) in [7, 11) is 2.94. The number of allylic oxidation sites excluding steroid dienone is 4. The van der Waals surface area contributed by atoms with Crippen LogP contribution in [0.4, 0.5) is 17.1 Å². The van der Waals surface area contributed by atoms with Gasteiger partial charge in [-0.05, 0) is 167 Å². The second-order valence-corrected chi connectivity index (χ2v) is 20.1. The largest absolute Gasteiger partial charge is 0.310 e. The van der Waals surface area contributed by atoms with Crippen LogP contribution in [0.15, 0.2) is 218 Å². The highest BCUT2D eigenvalue weighted by Crippen LogP contribution is 2.61. The molecule has 0 bridgehead atoms. The predicted octanol–water partition coefficient (Wildman–Crippen LogP) is 15.5. The maximum atomic E-state index is 2.94. The first-order chi connectivity index (χ1) is 34.6. The number of aromatic nitrogens is 1. The normalized spacial score (nSPS) is 16.3. The third kappa shape index (κ3) is 5.54. The van der Waals surface area contributed by atoms with Crippen LogP contribution in [0, 0.1) is 0 Å². The Bertz CT molecular complexity index is 4210. The topological polar surface area (TPSA) is 8.17 Å². The standard InChI is InChI=1S/C67H47N2P/c70-65-38-31-44(39-57(65)43-15-2-1-3-16-43)42-29-32-45(33-30-42)68(46-34-36-52-50-19-5-4-17-48(50)49-18-6-7-20-51(49)58(52)40-46)47-35-37-54-53-21-8-10-24-59(53)67(62(54)41-47)60-25-11-13-28-64(60)69-63-27-12-9-22-55(63)56-23-14-26-61(67)66(56)69/h1-7,10-11,13-20,22-41H,8-9,12,21,70H2. The fourth-order valence-corrected chi connectivity index (χ4v) is 13.4. The van der Waals surface area contributed by atoms with E-state index in [4.69, 9.17) is 0 Å². The first kappa shape index (κ1) is 39.9. The highest BCUT2D eigenvalue weighted by atomic mass is 31.0. The first-order valence-corrected chi connectivity index (χ1v) is 25.4. The molecule has 0 fully saturated rings. The number of nitrogens with zero attached hydrogens (tertiary/aromatic N) is 2. The Morgan fingerprint density at radius 1 is 0.443 bits per heavy atom. The molecule has 0 amide bonds. The van der Waals surface area contributed by atoms with Crippen molar-refractivity contribution in [1.29, 1.82) is 0 Å². The van der Waals surface area contributed by atoms with Crippen molar-refractivity contribution in [3.05, 3.63) is 251 Å². The summed E-state index contributed by atoms with van der Waals surface area (Å²) in [5, 5.41) is 12.9. The summed E-state index contributed by atoms with van der Waals surface area (Å²) >= 11 is 0. The summed E-state index contributed by atoms with van der Waals surface area (Å²) in [6, 6.07) is 75.5. The van der Waals surface area contributed by atoms with Gasteiger partial charge in [-0.15, -0.1) is 9.24 Å². The van der Waals surface area contributed by atoms with Crippen LogP contribution in [0.25, 0.3) is 88.9 Å². The molecule has 0 saturated heterocycles. The predicted molar refractivity (Wildman–Crippen MR) is 300 cm³/mol. The van der Waals surface area contributed by atoms with Crippen LogP contribution < -0.4 is 20.8 Å². The van der Waals surface area contributed by atoms with Crippen LogP contribution in [0.5, 0.6) is 0 Å². The van der Waals surface area contributed by atoms with Crippen molar-refractivity contribution in [3.63, 3.8) is 0 Å². The molecule has 0 saturated carbocycles. The summed E-state index contributed by atoms with van der Waals surface area (Å²) in [6.07, 6.45) is 14.0. The molecule has 15 rings (SSSR count). The maximum absolute atomic E-state index is 2.94. The Balaban J connectivity index is 0.980. The van der Waals surface area contributed by atoms with Crippen LogP contribution in [-0.4, -0.2) is 4.57 Å². The summed E-state index contributed by atoms with van der Waals surface area (Å²) in [4.78, 5) is 2.51. The quantitative estimate of drug-likeness (QED) is 0.123. The maximum Gasteiger partial charge on any atom is 0.0751 e. The minimum Gasteiger partial charge on any atom is -0.310 e. The molecule has 70 heavy (non-hydrogen) atoms. The van der Waals surface area contributed by atoms with Crippen molar-refractivity contribution in [2.24, 2.45) is 0 Å². The number of benzene rings is 10. The van der Waals surface area contributed by atoms with Gasteiger partial charge in [0.1, 0.15) is 0 Å². The molecule has 0 N–H and O–H groups in total. The highest BCUT2D eigenvalue weighted by molar-refractivity contribution is 7.28. The van der Waals surface area contributed by atoms with Gasteiger partial charge in [-0.1, -0.05) is 176 Å². The zero-order valence-corrected chi connectivity index (χ0v) is 39.8. The van der Waals surface area contributed by atoms with E-state index in [9.17, 15) is 0 Å². The van der Waals surface area contributed by atoms with Gasteiger partial charge in [-0.25, -0.2) is 0 Å². The van der Waals surface area contributed by atoms with Gasteiger partial charge >= 0.3 is 0 Å². The molecule has 1 spiro atoms. The molecule has 2 nitrogen and oxygen atoms in total. The number of rotatable bonds is 5. The smallest absolute Gasteiger partial charge is 0.0751 e. The molecular weight excluding hydrogens is 864 g/mol. The Hall–Kier alpha value is -8.03. The Morgan fingerprint density at radius 2 is 1.09 bits per heavy atom. The van der Waals surface area contributed by atoms with Crippen LogP contribution >= 0.6 is 9.24 Å². The second-order valence-electron chi connectivity index (χ2n) is 19.5. The van der Waals surface area contributed by atoms with E-state index in [1.807, 2.05) is 0 Å². The van der Waals surface area contributed by atoms with Crippen molar-refractivity contribution in [1.82, 2.24) is 4.57 Å². The van der Waals surface area contributed by atoms with Gasteiger partial charge in [0.25, 0.3) is 0 Å². The SMILES string of the molecule is Pc1ccc(-c2ccc(N(c3ccc4c(c3)C3(C5=C4CCC=C5)c4ccccc4-n4c5c(c6cccc3c64)=CCCC=5)c3ccc4c5ccccc5c5ccccc5c4c3)cc2)cc1-c1ccccc1. The lowest BCUT2D eigenvalue weighted by Gasteiger charge is -2.41. The van der Waals surface area contributed by atoms with E-state index in [2.05, 4.69) is 243 Å². The molecule has 0 radical (unpaired) electrons. The minimum absolute atomic E-state index is 0.501. The van der Waals surface area contributed by atoms with Crippen LogP contribution in [0.1, 0.15) is 47.9 Å². The van der Waals surface area contributed by atoms with Gasteiger partial charge in [-0.3, -0.25) is 0 Å². The third-order valence-electron chi connectivity index (χ3n) is 16.0. The average Bonchev–Trinajstić information content (AvgIpc) is 3.92. The van der Waals surface area contributed by atoms with Crippen molar-refractivity contribution in [2.75, 3.05) is 4.90 Å². The van der Waals surface area contributed by atoms with Crippen molar-refractivity contribution < 1.29 is 0 Å². The van der Waals surface area contributed by atoms with Crippen molar-refractivity contribution >= 4 is 92.6 Å². The lowest BCUT2D eigenvalue weighted by atomic mass is 9.64. The first-order valence-electron chi connectivity index (χ1n) is 24.8. The van der Waals surface area contributed by atoms with Gasteiger partial charge in [0.05, 0.1) is 16.6 Å². The van der Waals surface area contributed by atoms with Crippen molar-refractivity contribution in [3.8, 4) is 27.9 Å². The number of hydrogen-bond acceptors (Lipinski definition) is 1. The summed E-state index contributed by atoms with van der Waals surface area (Å²) in [5.74, 6) is 0. The van der Waals surface area contributed by atoms with Gasteiger partial charge in [0.2, 0.25) is 0 Å². The Labute approximate surface area is 409 Å². The molecule has 3 heteroatoms. The number of hydrogen-bond donors (Lipinski definition) is 0. The molecule has 330 valence electrons. The third-order valence-corrected chi connectivity index (χ3v) is 16.5. The summed E-state index contributed by atoms with van der Waals surface area (Å²) in [6.45, 7) is 0. The van der Waals surface area contributed by atoms with E-state index in [0.29, 0.717) is 0 Å². The minimum atomic E-state index is -0.501. The molecule has 10 aromatic carbocycles. The zero-order chi connectivity index (χ0) is 46.1. The number of anilines is 3. The summed E-state index contributed by atoms with van der Waals surface area (Å²) < 4.78 is 2.59. The lowest BCUT2D eigenvalue weighted by molar-refractivity contribution is 0.731. The van der Waals surface area contributed by atoms with Gasteiger partial charge in [0.15, 0.2) is 0 Å². The van der Waals surface area contributed by atoms with Crippen LogP contribution in [0.3, 0.4) is 0 Å². The fourth-order valence-electron chi connectivity index (χ4n) is 13.1. The van der Waals surface area contributed by atoms with E-state index < -0.39 is 5.41 Å². The van der Waals surface area contributed by atoms with Crippen LogP contribution in [0.2, 0.25) is 0 Å². The molecule has 2 atom stereocenters. The van der Waals surface area contributed by atoms with Crippen molar-refractivity contribution in [2.45, 2.75) is 31.1 Å². The summed E-state index contributed by atoms with van der Waals surface area (Å²) in [5.41, 5.74) is 18.7. The molecule has 4 aliphatic rings. The monoisotopic (exact) mass is 910 g/mol.